The van der Waals surface area contributed by atoms with Gasteiger partial charge >= 0.3 is 0 Å². The molecule has 0 radical (unpaired) electrons. The van der Waals surface area contributed by atoms with E-state index < -0.39 is 20.7 Å². The van der Waals surface area contributed by atoms with Crippen LogP contribution in [0.1, 0.15) is 32.3 Å². The number of nitrogens with zero attached hydrogens (tertiary/aromatic N) is 3. The molecule has 0 aromatic heterocycles. The zero-order valence-corrected chi connectivity index (χ0v) is 20.8. The van der Waals surface area contributed by atoms with E-state index in [4.69, 9.17) is 4.74 Å². The summed E-state index contributed by atoms with van der Waals surface area (Å²) in [7, 11) is -2.33. The predicted molar refractivity (Wildman–Crippen MR) is 128 cm³/mol. The number of rotatable bonds is 9. The number of hydrogen-bond donors (Lipinski definition) is 2. The molecule has 10 heteroatoms. The van der Waals surface area contributed by atoms with E-state index >= 15 is 0 Å². The summed E-state index contributed by atoms with van der Waals surface area (Å²) in [4.78, 5) is 16.9. The Kier molecular flexibility index (Phi) is 8.74. The molecule has 1 aromatic rings. The van der Waals surface area contributed by atoms with Gasteiger partial charge in [-0.25, -0.2) is 13.9 Å². The van der Waals surface area contributed by atoms with Gasteiger partial charge in [-0.3, -0.25) is 10.0 Å². The van der Waals surface area contributed by atoms with Crippen molar-refractivity contribution in [2.75, 3.05) is 64.4 Å². The van der Waals surface area contributed by atoms with Crippen molar-refractivity contribution in [1.82, 2.24) is 14.7 Å². The second kappa shape index (κ2) is 11.1. The Morgan fingerprint density at radius 2 is 1.70 bits per heavy atom. The number of sulfonamides is 1. The van der Waals surface area contributed by atoms with Crippen molar-refractivity contribution in [1.29, 1.82) is 0 Å². The van der Waals surface area contributed by atoms with Crippen LogP contribution in [-0.4, -0.2) is 93.0 Å². The van der Waals surface area contributed by atoms with Crippen LogP contribution in [0.3, 0.4) is 0 Å². The number of benzene rings is 1. The molecule has 2 heterocycles. The van der Waals surface area contributed by atoms with Crippen molar-refractivity contribution in [2.45, 2.75) is 37.9 Å². The van der Waals surface area contributed by atoms with Gasteiger partial charge in [0.05, 0.1) is 6.61 Å². The summed E-state index contributed by atoms with van der Waals surface area (Å²) in [5.41, 5.74) is 4.01. The Morgan fingerprint density at radius 1 is 1.09 bits per heavy atom. The molecule has 0 saturated carbocycles. The maximum absolute atomic E-state index is 13.7. The number of anilines is 1. The fourth-order valence-electron chi connectivity index (χ4n) is 4.81. The number of hydrogen-bond acceptors (Lipinski definition) is 7. The lowest BCUT2D eigenvalue weighted by atomic mass is 9.95. The number of amides is 1. The van der Waals surface area contributed by atoms with E-state index in [1.807, 2.05) is 0 Å². The lowest BCUT2D eigenvalue weighted by Crippen LogP contribution is -2.63. The van der Waals surface area contributed by atoms with E-state index in [-0.39, 0.29) is 12.8 Å². The summed E-state index contributed by atoms with van der Waals surface area (Å²) in [5.74, 6) is -0.239. The highest BCUT2D eigenvalue weighted by Gasteiger charge is 2.55. The van der Waals surface area contributed by atoms with Crippen LogP contribution in [0.15, 0.2) is 24.3 Å². The predicted octanol–water partition coefficient (Wildman–Crippen LogP) is 1.32. The van der Waals surface area contributed by atoms with Gasteiger partial charge < -0.3 is 14.5 Å². The molecule has 2 fully saturated rings. The van der Waals surface area contributed by atoms with Crippen molar-refractivity contribution < 1.29 is 23.2 Å². The molecule has 0 spiro atoms. The van der Waals surface area contributed by atoms with Gasteiger partial charge in [0.1, 0.15) is 0 Å². The van der Waals surface area contributed by atoms with E-state index in [9.17, 15) is 18.4 Å². The lowest BCUT2D eigenvalue weighted by molar-refractivity contribution is -0.133. The number of piperidine rings is 1. The highest BCUT2D eigenvalue weighted by atomic mass is 32.2. The number of carbonyl (C=O) groups is 1. The minimum absolute atomic E-state index is 0.142. The number of nitrogens with one attached hydrogen (secondary N) is 1. The normalized spacial score (nSPS) is 20.2. The van der Waals surface area contributed by atoms with Crippen LogP contribution in [-0.2, 0) is 26.0 Å². The molecule has 2 saturated heterocycles. The van der Waals surface area contributed by atoms with Gasteiger partial charge in [0.15, 0.2) is 4.75 Å². The number of ether oxygens (including phenoxy) is 1. The largest absolute Gasteiger partial charge is 0.383 e. The number of piperazine rings is 1. The first kappa shape index (κ1) is 25.9. The Hall–Kier alpha value is -1.72. The Bertz CT molecular complexity index is 875. The van der Waals surface area contributed by atoms with Crippen molar-refractivity contribution in [3.63, 3.8) is 0 Å². The summed E-state index contributed by atoms with van der Waals surface area (Å²) >= 11 is 0. The summed E-state index contributed by atoms with van der Waals surface area (Å²) in [5, 5.41) is 9.36. The van der Waals surface area contributed by atoms with Gasteiger partial charge in [0.25, 0.3) is 5.91 Å². The number of likely N-dealkylation sites (tertiary alicyclic amines) is 1. The topological polar surface area (TPSA) is 102 Å². The molecule has 3 rings (SSSR count). The molecule has 2 aliphatic heterocycles. The zero-order valence-electron chi connectivity index (χ0n) is 20.0. The molecule has 1 aromatic carbocycles. The van der Waals surface area contributed by atoms with Gasteiger partial charge in [-0.2, -0.15) is 4.31 Å². The van der Waals surface area contributed by atoms with Crippen molar-refractivity contribution in [3.05, 3.63) is 29.8 Å². The third-order valence-electron chi connectivity index (χ3n) is 6.81. The summed E-state index contributed by atoms with van der Waals surface area (Å²) < 4.78 is 32.2. The molecule has 0 unspecified atom stereocenters. The Morgan fingerprint density at radius 3 is 2.21 bits per heavy atom. The molecule has 186 valence electrons. The molecule has 2 aliphatic rings. The molecule has 33 heavy (non-hydrogen) atoms. The van der Waals surface area contributed by atoms with Crippen LogP contribution in [0.4, 0.5) is 5.69 Å². The molecule has 0 aliphatic carbocycles. The first-order valence-electron chi connectivity index (χ1n) is 11.7. The molecule has 2 N–H and O–H groups in total. The highest BCUT2D eigenvalue weighted by molar-refractivity contribution is 7.91. The first-order chi connectivity index (χ1) is 15.7. The van der Waals surface area contributed by atoms with E-state index in [2.05, 4.69) is 47.9 Å². The number of hydroxylamine groups is 1. The standard InChI is InChI=1S/C23H38N4O5S/c1-19(2)18-20-4-6-21(7-5-20)26-12-14-27(15-13-26)33(30,31)23(22(28)24-29)8-10-25(11-9-23)16-17-32-3/h4-7,19,29H,8-18H2,1-3H3,(H,24,28). The zero-order chi connectivity index (χ0) is 24.1. The van der Waals surface area contributed by atoms with Gasteiger partial charge in [-0.15, -0.1) is 0 Å². The third-order valence-corrected chi connectivity index (χ3v) is 9.43. The van der Waals surface area contributed by atoms with Crippen LogP contribution in [0, 0.1) is 5.92 Å². The average molecular weight is 483 g/mol. The van der Waals surface area contributed by atoms with Crippen LogP contribution < -0.4 is 10.4 Å². The maximum Gasteiger partial charge on any atom is 0.266 e. The molecule has 0 atom stereocenters. The second-order valence-electron chi connectivity index (χ2n) is 9.43. The Labute approximate surface area is 197 Å². The summed E-state index contributed by atoms with van der Waals surface area (Å²) in [6.07, 6.45) is 1.32. The second-order valence-corrected chi connectivity index (χ2v) is 11.7. The van der Waals surface area contributed by atoms with Gasteiger partial charge in [-0.05, 0) is 42.9 Å². The van der Waals surface area contributed by atoms with Crippen LogP contribution in [0.2, 0.25) is 0 Å². The molecule has 9 nitrogen and oxygen atoms in total. The van der Waals surface area contributed by atoms with Crippen LogP contribution >= 0.6 is 0 Å². The number of carbonyl (C=O) groups excluding carboxylic acids is 1. The van der Waals surface area contributed by atoms with Gasteiger partial charge in [0, 0.05) is 58.6 Å². The molecular weight excluding hydrogens is 444 g/mol. The third kappa shape index (κ3) is 5.68. The molecule has 1 amide bonds. The van der Waals surface area contributed by atoms with Crippen LogP contribution in [0.25, 0.3) is 0 Å². The van der Waals surface area contributed by atoms with Crippen molar-refractivity contribution >= 4 is 21.6 Å². The quantitative estimate of drug-likeness (QED) is 0.404. The van der Waals surface area contributed by atoms with E-state index in [1.165, 1.54) is 9.87 Å². The number of methoxy groups -OCH3 is 1. The fraction of sp³-hybridized carbons (Fsp3) is 0.696. The van der Waals surface area contributed by atoms with Crippen molar-refractivity contribution in [3.8, 4) is 0 Å². The monoisotopic (exact) mass is 482 g/mol. The molecular formula is C23H38N4O5S. The minimum atomic E-state index is -3.95. The van der Waals surface area contributed by atoms with Crippen LogP contribution in [0.5, 0.6) is 0 Å². The van der Waals surface area contributed by atoms with Crippen molar-refractivity contribution in [2.24, 2.45) is 5.92 Å². The Balaban J connectivity index is 1.67. The lowest BCUT2D eigenvalue weighted by Gasteiger charge is -2.44. The summed E-state index contributed by atoms with van der Waals surface area (Å²) in [6, 6.07) is 8.46. The van der Waals surface area contributed by atoms with Gasteiger partial charge in [0.2, 0.25) is 10.0 Å². The molecule has 0 bridgehead atoms. The highest BCUT2D eigenvalue weighted by Crippen LogP contribution is 2.34. The maximum atomic E-state index is 13.7. The average Bonchev–Trinajstić information content (AvgIpc) is 2.82. The summed E-state index contributed by atoms with van der Waals surface area (Å²) in [6.45, 7) is 8.26. The fourth-order valence-corrected chi connectivity index (χ4v) is 6.93. The van der Waals surface area contributed by atoms with Gasteiger partial charge in [-0.1, -0.05) is 26.0 Å². The van der Waals surface area contributed by atoms with E-state index in [1.54, 1.807) is 12.6 Å². The first-order valence-corrected chi connectivity index (χ1v) is 13.2. The van der Waals surface area contributed by atoms with E-state index in [0.29, 0.717) is 58.3 Å². The van der Waals surface area contributed by atoms with E-state index in [0.717, 1.165) is 12.1 Å². The smallest absolute Gasteiger partial charge is 0.266 e. The SMILES string of the molecule is COCCN1CCC(C(=O)NO)(S(=O)(=O)N2CCN(c3ccc(CC(C)C)cc3)CC2)CC1. The minimum Gasteiger partial charge on any atom is -0.383 e.